The van der Waals surface area contributed by atoms with Crippen LogP contribution < -0.4 is 5.32 Å². The molecule has 1 aliphatic heterocycles. The number of ether oxygens (including phenoxy) is 1. The van der Waals surface area contributed by atoms with Gasteiger partial charge in [-0.25, -0.2) is 0 Å². The Morgan fingerprint density at radius 3 is 2.70 bits per heavy atom. The van der Waals surface area contributed by atoms with E-state index in [2.05, 4.69) is 48.3 Å². The monoisotopic (exact) mass is 276 g/mol. The first-order chi connectivity index (χ1) is 9.62. The lowest BCUT2D eigenvalue weighted by molar-refractivity contribution is 0.146. The molecule has 0 atom stereocenters. The first-order valence-electron chi connectivity index (χ1n) is 7.63. The molecule has 1 aromatic rings. The molecule has 0 saturated carbocycles. The van der Waals surface area contributed by atoms with Gasteiger partial charge in [0.2, 0.25) is 0 Å². The minimum atomic E-state index is 0.0831. The first kappa shape index (κ1) is 15.5. The van der Waals surface area contributed by atoms with Crippen molar-refractivity contribution in [2.24, 2.45) is 0 Å². The molecule has 3 nitrogen and oxygen atoms in total. The molecule has 0 radical (unpaired) electrons. The van der Waals surface area contributed by atoms with Crippen LogP contribution in [0.3, 0.4) is 0 Å². The second-order valence-electron chi connectivity index (χ2n) is 6.36. The predicted octanol–water partition coefficient (Wildman–Crippen LogP) is 2.06. The SMILES string of the molecule is COCC(C)(C)c1cccc(CCN2CCNCC2)c1. The summed E-state index contributed by atoms with van der Waals surface area (Å²) in [5.74, 6) is 0. The zero-order valence-electron chi connectivity index (χ0n) is 13.1. The fraction of sp³-hybridized carbons (Fsp3) is 0.647. The molecular weight excluding hydrogens is 248 g/mol. The molecule has 1 aliphatic rings. The van der Waals surface area contributed by atoms with Crippen LogP contribution in [-0.4, -0.2) is 51.3 Å². The maximum atomic E-state index is 5.34. The molecule has 0 spiro atoms. The Hall–Kier alpha value is -0.900. The molecule has 20 heavy (non-hydrogen) atoms. The van der Waals surface area contributed by atoms with Crippen molar-refractivity contribution < 1.29 is 4.74 Å². The molecule has 1 N–H and O–H groups in total. The van der Waals surface area contributed by atoms with Gasteiger partial charge in [0.1, 0.15) is 0 Å². The lowest BCUT2D eigenvalue weighted by atomic mass is 9.84. The summed E-state index contributed by atoms with van der Waals surface area (Å²) in [6.45, 7) is 11.0. The van der Waals surface area contributed by atoms with Gasteiger partial charge in [-0.15, -0.1) is 0 Å². The van der Waals surface area contributed by atoms with Gasteiger partial charge in [0.05, 0.1) is 6.61 Å². The van der Waals surface area contributed by atoms with E-state index >= 15 is 0 Å². The molecule has 1 heterocycles. The average Bonchev–Trinajstić information content (AvgIpc) is 2.46. The highest BCUT2D eigenvalue weighted by molar-refractivity contribution is 5.29. The molecule has 112 valence electrons. The maximum Gasteiger partial charge on any atom is 0.0553 e. The van der Waals surface area contributed by atoms with Crippen molar-refractivity contribution in [3.63, 3.8) is 0 Å². The van der Waals surface area contributed by atoms with E-state index in [0.29, 0.717) is 0 Å². The number of benzene rings is 1. The lowest BCUT2D eigenvalue weighted by Gasteiger charge is -2.28. The molecule has 0 amide bonds. The summed E-state index contributed by atoms with van der Waals surface area (Å²) < 4.78 is 5.34. The molecule has 3 heteroatoms. The van der Waals surface area contributed by atoms with Crippen LogP contribution in [0.2, 0.25) is 0 Å². The van der Waals surface area contributed by atoms with Gasteiger partial charge in [-0.3, -0.25) is 0 Å². The highest BCUT2D eigenvalue weighted by Crippen LogP contribution is 2.24. The van der Waals surface area contributed by atoms with Crippen molar-refractivity contribution >= 4 is 0 Å². The standard InChI is InChI=1S/C17H28N2O/c1-17(2,14-20-3)16-6-4-5-15(13-16)7-10-19-11-8-18-9-12-19/h4-6,13,18H,7-12,14H2,1-3H3. The predicted molar refractivity (Wildman–Crippen MR) is 84.4 cm³/mol. The third kappa shape index (κ3) is 4.30. The van der Waals surface area contributed by atoms with E-state index in [-0.39, 0.29) is 5.41 Å². The molecule has 1 aromatic carbocycles. The number of nitrogens with one attached hydrogen (secondary N) is 1. The van der Waals surface area contributed by atoms with Gasteiger partial charge < -0.3 is 15.0 Å². The molecule has 2 rings (SSSR count). The van der Waals surface area contributed by atoms with Crippen LogP contribution in [-0.2, 0) is 16.6 Å². The van der Waals surface area contributed by atoms with E-state index in [1.54, 1.807) is 7.11 Å². The molecular formula is C17H28N2O. The highest BCUT2D eigenvalue weighted by Gasteiger charge is 2.20. The topological polar surface area (TPSA) is 24.5 Å². The van der Waals surface area contributed by atoms with Crippen LogP contribution in [0, 0.1) is 0 Å². The lowest BCUT2D eigenvalue weighted by Crippen LogP contribution is -2.44. The fourth-order valence-corrected chi connectivity index (χ4v) is 2.81. The minimum absolute atomic E-state index is 0.0831. The van der Waals surface area contributed by atoms with Crippen molar-refractivity contribution in [2.75, 3.05) is 46.4 Å². The second kappa shape index (κ2) is 7.21. The van der Waals surface area contributed by atoms with Gasteiger partial charge in [-0.1, -0.05) is 38.1 Å². The van der Waals surface area contributed by atoms with Crippen molar-refractivity contribution in [1.29, 1.82) is 0 Å². The Labute approximate surface area is 123 Å². The first-order valence-corrected chi connectivity index (χ1v) is 7.63. The highest BCUT2D eigenvalue weighted by atomic mass is 16.5. The van der Waals surface area contributed by atoms with Crippen molar-refractivity contribution in [3.05, 3.63) is 35.4 Å². The number of hydrogen-bond donors (Lipinski definition) is 1. The quantitative estimate of drug-likeness (QED) is 0.861. The van der Waals surface area contributed by atoms with Gasteiger partial charge in [-0.05, 0) is 17.5 Å². The van der Waals surface area contributed by atoms with E-state index in [4.69, 9.17) is 4.74 Å². The van der Waals surface area contributed by atoms with Gasteiger partial charge in [0.15, 0.2) is 0 Å². The summed E-state index contributed by atoms with van der Waals surface area (Å²) in [5, 5.41) is 3.40. The molecule has 0 aromatic heterocycles. The summed E-state index contributed by atoms with van der Waals surface area (Å²) in [7, 11) is 1.77. The van der Waals surface area contributed by atoms with E-state index in [1.807, 2.05) is 0 Å². The maximum absolute atomic E-state index is 5.34. The van der Waals surface area contributed by atoms with Crippen LogP contribution in [0.25, 0.3) is 0 Å². The van der Waals surface area contributed by atoms with E-state index in [9.17, 15) is 0 Å². The normalized spacial score (nSPS) is 17.4. The van der Waals surface area contributed by atoms with E-state index in [1.165, 1.54) is 24.2 Å². The number of rotatable bonds is 6. The van der Waals surface area contributed by atoms with Gasteiger partial charge in [0, 0.05) is 45.2 Å². The Kier molecular flexibility index (Phi) is 5.58. The zero-order chi connectivity index (χ0) is 14.4. The Bertz CT molecular complexity index is 411. The summed E-state index contributed by atoms with van der Waals surface area (Å²) in [4.78, 5) is 2.55. The van der Waals surface area contributed by atoms with Gasteiger partial charge in [0.25, 0.3) is 0 Å². The van der Waals surface area contributed by atoms with Crippen molar-refractivity contribution in [2.45, 2.75) is 25.7 Å². The molecule has 0 bridgehead atoms. The summed E-state index contributed by atoms with van der Waals surface area (Å²) in [6.07, 6.45) is 1.14. The fourth-order valence-electron chi connectivity index (χ4n) is 2.81. The van der Waals surface area contributed by atoms with Crippen molar-refractivity contribution in [1.82, 2.24) is 10.2 Å². The molecule has 0 unspecified atom stereocenters. The number of piperazine rings is 1. The summed E-state index contributed by atoms with van der Waals surface area (Å²) in [5.41, 5.74) is 2.89. The Balaban J connectivity index is 1.95. The van der Waals surface area contributed by atoms with Gasteiger partial charge >= 0.3 is 0 Å². The van der Waals surface area contributed by atoms with Crippen LogP contribution in [0.1, 0.15) is 25.0 Å². The minimum Gasteiger partial charge on any atom is -0.384 e. The molecule has 1 fully saturated rings. The summed E-state index contributed by atoms with van der Waals surface area (Å²) in [6, 6.07) is 8.99. The van der Waals surface area contributed by atoms with E-state index in [0.717, 1.165) is 32.7 Å². The average molecular weight is 276 g/mol. The Morgan fingerprint density at radius 2 is 2.00 bits per heavy atom. The Morgan fingerprint density at radius 1 is 1.25 bits per heavy atom. The van der Waals surface area contributed by atoms with Crippen molar-refractivity contribution in [3.8, 4) is 0 Å². The largest absolute Gasteiger partial charge is 0.384 e. The van der Waals surface area contributed by atoms with Crippen LogP contribution in [0.5, 0.6) is 0 Å². The van der Waals surface area contributed by atoms with Crippen LogP contribution >= 0.6 is 0 Å². The number of methoxy groups -OCH3 is 1. The summed E-state index contributed by atoms with van der Waals surface area (Å²) >= 11 is 0. The third-order valence-electron chi connectivity index (χ3n) is 4.14. The number of nitrogens with zero attached hydrogens (tertiary/aromatic N) is 1. The smallest absolute Gasteiger partial charge is 0.0553 e. The van der Waals surface area contributed by atoms with E-state index < -0.39 is 0 Å². The third-order valence-corrected chi connectivity index (χ3v) is 4.14. The zero-order valence-corrected chi connectivity index (χ0v) is 13.1. The van der Waals surface area contributed by atoms with Crippen LogP contribution in [0.15, 0.2) is 24.3 Å². The molecule has 1 saturated heterocycles. The number of hydrogen-bond acceptors (Lipinski definition) is 3. The van der Waals surface area contributed by atoms with Gasteiger partial charge in [-0.2, -0.15) is 0 Å². The van der Waals surface area contributed by atoms with Crippen LogP contribution in [0.4, 0.5) is 0 Å². The second-order valence-corrected chi connectivity index (χ2v) is 6.36. The molecule has 0 aliphatic carbocycles.